The van der Waals surface area contributed by atoms with Gasteiger partial charge in [0.15, 0.2) is 5.96 Å². The topological polar surface area (TPSA) is 51.1 Å². The molecule has 0 saturated carbocycles. The first kappa shape index (κ1) is 18.0. The number of aliphatic imine (C=N–C) groups is 1. The van der Waals surface area contributed by atoms with Gasteiger partial charge in [-0.2, -0.15) is 0 Å². The minimum Gasteiger partial charge on any atom is -0.386 e. The maximum absolute atomic E-state index is 10.3. The highest BCUT2D eigenvalue weighted by Crippen LogP contribution is 2.26. The van der Waals surface area contributed by atoms with E-state index in [1.165, 1.54) is 50.1 Å². The van der Waals surface area contributed by atoms with Gasteiger partial charge in [0.25, 0.3) is 0 Å². The Kier molecular flexibility index (Phi) is 6.38. The molecule has 0 aliphatic carbocycles. The van der Waals surface area contributed by atoms with Gasteiger partial charge in [-0.1, -0.05) is 18.0 Å². The Morgan fingerprint density at radius 3 is 2.83 bits per heavy atom. The molecule has 0 aromatic carbocycles. The second-order valence-electron chi connectivity index (χ2n) is 6.57. The summed E-state index contributed by atoms with van der Waals surface area (Å²) in [7, 11) is 1.81. The zero-order chi connectivity index (χ0) is 16.9. The Morgan fingerprint density at radius 2 is 2.17 bits per heavy atom. The number of hydrogen-bond donors (Lipinski definition) is 2. The van der Waals surface area contributed by atoms with E-state index in [1.807, 2.05) is 19.2 Å². The fourth-order valence-electron chi connectivity index (χ4n) is 3.64. The number of likely N-dealkylation sites (tertiary alicyclic amines) is 2. The smallest absolute Gasteiger partial charge is 0.193 e. The molecule has 3 heterocycles. The van der Waals surface area contributed by atoms with Crippen LogP contribution in [0, 0.1) is 0 Å². The number of halogens is 1. The molecule has 2 fully saturated rings. The monoisotopic (exact) mass is 370 g/mol. The van der Waals surface area contributed by atoms with Gasteiger partial charge in [0.2, 0.25) is 0 Å². The van der Waals surface area contributed by atoms with Crippen LogP contribution in [0.25, 0.3) is 0 Å². The maximum atomic E-state index is 10.3. The van der Waals surface area contributed by atoms with Crippen molar-refractivity contribution in [3.8, 4) is 0 Å². The van der Waals surface area contributed by atoms with E-state index in [4.69, 9.17) is 11.6 Å². The molecule has 0 radical (unpaired) electrons. The van der Waals surface area contributed by atoms with Gasteiger partial charge in [-0.05, 0) is 44.5 Å². The number of nitrogens with zero attached hydrogens (tertiary/aromatic N) is 3. The molecule has 2 N–H and O–H groups in total. The minimum absolute atomic E-state index is 0.453. The van der Waals surface area contributed by atoms with E-state index in [9.17, 15) is 5.11 Å². The highest BCUT2D eigenvalue weighted by Gasteiger charge is 2.30. The van der Waals surface area contributed by atoms with Crippen molar-refractivity contribution in [2.24, 2.45) is 4.99 Å². The summed E-state index contributed by atoms with van der Waals surface area (Å²) in [5, 5.41) is 13.6. The minimum atomic E-state index is -0.556. The van der Waals surface area contributed by atoms with Crippen molar-refractivity contribution in [2.75, 3.05) is 39.8 Å². The molecule has 2 saturated heterocycles. The molecular weight excluding hydrogens is 344 g/mol. The van der Waals surface area contributed by atoms with Crippen LogP contribution in [0.5, 0.6) is 0 Å². The lowest BCUT2D eigenvalue weighted by Crippen LogP contribution is -2.45. The average Bonchev–Trinajstić information content (AvgIpc) is 3.25. The van der Waals surface area contributed by atoms with Crippen molar-refractivity contribution >= 4 is 28.9 Å². The Bertz CT molecular complexity index is 559. The maximum Gasteiger partial charge on any atom is 0.193 e. The van der Waals surface area contributed by atoms with E-state index in [1.54, 1.807) is 0 Å². The first-order chi connectivity index (χ1) is 11.7. The molecule has 2 unspecified atom stereocenters. The number of aliphatic hydroxyl groups excluding tert-OH is 1. The molecule has 0 amide bonds. The summed E-state index contributed by atoms with van der Waals surface area (Å²) in [5.41, 5.74) is 0. The summed E-state index contributed by atoms with van der Waals surface area (Å²) >= 11 is 7.36. The van der Waals surface area contributed by atoms with Crippen LogP contribution in [0.4, 0.5) is 0 Å². The van der Waals surface area contributed by atoms with Gasteiger partial charge in [0.05, 0.1) is 4.34 Å². The van der Waals surface area contributed by atoms with E-state index in [-0.39, 0.29) is 0 Å². The number of hydrogen-bond acceptors (Lipinski definition) is 4. The highest BCUT2D eigenvalue weighted by atomic mass is 35.5. The molecule has 5 nitrogen and oxygen atoms in total. The number of piperidine rings is 1. The average molecular weight is 371 g/mol. The van der Waals surface area contributed by atoms with Gasteiger partial charge in [-0.15, -0.1) is 11.3 Å². The summed E-state index contributed by atoms with van der Waals surface area (Å²) in [6.45, 7) is 4.99. The number of guanidine groups is 1. The van der Waals surface area contributed by atoms with E-state index >= 15 is 0 Å². The van der Waals surface area contributed by atoms with Crippen LogP contribution in [-0.2, 0) is 0 Å². The van der Waals surface area contributed by atoms with E-state index in [2.05, 4.69) is 20.1 Å². The molecule has 134 valence electrons. The second-order valence-corrected chi connectivity index (χ2v) is 8.32. The normalized spacial score (nSPS) is 24.4. The van der Waals surface area contributed by atoms with Crippen LogP contribution in [0.15, 0.2) is 17.1 Å². The second kappa shape index (κ2) is 8.52. The lowest BCUT2D eigenvalue weighted by molar-refractivity contribution is 0.167. The summed E-state index contributed by atoms with van der Waals surface area (Å²) < 4.78 is 0.706. The van der Waals surface area contributed by atoms with Crippen molar-refractivity contribution in [1.29, 1.82) is 0 Å². The quantitative estimate of drug-likeness (QED) is 0.631. The summed E-state index contributed by atoms with van der Waals surface area (Å²) in [4.78, 5) is 10.2. The molecule has 0 spiro atoms. The van der Waals surface area contributed by atoms with Crippen molar-refractivity contribution in [1.82, 2.24) is 15.1 Å². The Balaban J connectivity index is 1.49. The molecule has 1 aromatic heterocycles. The van der Waals surface area contributed by atoms with E-state index in [0.29, 0.717) is 16.9 Å². The van der Waals surface area contributed by atoms with Crippen LogP contribution in [-0.4, -0.2) is 66.7 Å². The lowest BCUT2D eigenvalue weighted by Gasteiger charge is -2.32. The lowest BCUT2D eigenvalue weighted by atomic mass is 10.1. The Hall–Kier alpha value is -0.820. The molecule has 24 heavy (non-hydrogen) atoms. The predicted octanol–water partition coefficient (Wildman–Crippen LogP) is 2.57. The van der Waals surface area contributed by atoms with Crippen LogP contribution < -0.4 is 5.32 Å². The van der Waals surface area contributed by atoms with Crippen LogP contribution in [0.3, 0.4) is 0 Å². The molecule has 3 rings (SSSR count). The van der Waals surface area contributed by atoms with E-state index < -0.39 is 6.10 Å². The van der Waals surface area contributed by atoms with Gasteiger partial charge in [0, 0.05) is 37.6 Å². The van der Waals surface area contributed by atoms with Crippen LogP contribution >= 0.6 is 22.9 Å². The number of rotatable bonds is 4. The molecule has 2 aliphatic rings. The molecule has 7 heteroatoms. The van der Waals surface area contributed by atoms with Crippen molar-refractivity contribution in [3.05, 3.63) is 21.3 Å². The third-order valence-corrected chi connectivity index (χ3v) is 6.29. The molecule has 1 aromatic rings. The Morgan fingerprint density at radius 1 is 1.38 bits per heavy atom. The highest BCUT2D eigenvalue weighted by molar-refractivity contribution is 7.16. The molecule has 0 bridgehead atoms. The first-order valence-corrected chi connectivity index (χ1v) is 10.00. The van der Waals surface area contributed by atoms with Gasteiger partial charge >= 0.3 is 0 Å². The fraction of sp³-hybridized carbons (Fsp3) is 0.706. The standard InChI is InChI=1S/C17H27ClN4OS/c1-19-17(20-11-14(23)15-5-6-16(18)24-15)22-10-7-13(12-22)21-8-3-2-4-9-21/h5-6,13-14,23H,2-4,7-12H2,1H3,(H,19,20). The van der Waals surface area contributed by atoms with Crippen molar-refractivity contribution < 1.29 is 5.11 Å². The third kappa shape index (κ3) is 4.42. The largest absolute Gasteiger partial charge is 0.386 e. The summed E-state index contributed by atoms with van der Waals surface area (Å²) in [6, 6.07) is 4.35. The van der Waals surface area contributed by atoms with Crippen molar-refractivity contribution in [3.63, 3.8) is 0 Å². The first-order valence-electron chi connectivity index (χ1n) is 8.80. The van der Waals surface area contributed by atoms with Gasteiger partial charge in [0.1, 0.15) is 6.10 Å². The molecule has 2 atom stereocenters. The van der Waals surface area contributed by atoms with Gasteiger partial charge in [-0.25, -0.2) is 0 Å². The molecule has 2 aliphatic heterocycles. The van der Waals surface area contributed by atoms with E-state index in [0.717, 1.165) is 23.9 Å². The zero-order valence-electron chi connectivity index (χ0n) is 14.2. The van der Waals surface area contributed by atoms with Crippen LogP contribution in [0.2, 0.25) is 4.34 Å². The third-order valence-electron chi connectivity index (χ3n) is 4.96. The predicted molar refractivity (Wildman–Crippen MR) is 101 cm³/mol. The zero-order valence-corrected chi connectivity index (χ0v) is 15.8. The summed E-state index contributed by atoms with van der Waals surface area (Å²) in [5.74, 6) is 0.885. The van der Waals surface area contributed by atoms with Gasteiger partial charge in [-0.3, -0.25) is 9.89 Å². The fourth-order valence-corrected chi connectivity index (χ4v) is 4.69. The van der Waals surface area contributed by atoms with Crippen LogP contribution in [0.1, 0.15) is 36.7 Å². The number of nitrogens with one attached hydrogen (secondary N) is 1. The Labute approximate surface area is 153 Å². The number of thiophene rings is 1. The van der Waals surface area contributed by atoms with Crippen molar-refractivity contribution in [2.45, 2.75) is 37.8 Å². The summed E-state index contributed by atoms with van der Waals surface area (Å²) in [6.07, 6.45) is 4.68. The number of aliphatic hydroxyl groups is 1. The SMILES string of the molecule is CN=C(NCC(O)c1ccc(Cl)s1)N1CCC(N2CCCCC2)C1. The molecular formula is C17H27ClN4OS. The van der Waals surface area contributed by atoms with Gasteiger partial charge < -0.3 is 15.3 Å².